The standard InChI is InChI=1S/C9H15NOS/c1-3-7-4-5-9(12-7)8(6-10)11-2/h4-5,8H,3,6,10H2,1-2H3. The van der Waals surface area contributed by atoms with Gasteiger partial charge < -0.3 is 10.5 Å². The molecular weight excluding hydrogens is 170 g/mol. The summed E-state index contributed by atoms with van der Waals surface area (Å²) >= 11 is 1.79. The number of hydrogen-bond donors (Lipinski definition) is 1. The summed E-state index contributed by atoms with van der Waals surface area (Å²) in [6.45, 7) is 2.71. The van der Waals surface area contributed by atoms with Crippen LogP contribution >= 0.6 is 11.3 Å². The van der Waals surface area contributed by atoms with Crippen molar-refractivity contribution in [3.05, 3.63) is 21.9 Å². The van der Waals surface area contributed by atoms with Crippen molar-refractivity contribution in [1.82, 2.24) is 0 Å². The number of hydrogen-bond acceptors (Lipinski definition) is 3. The van der Waals surface area contributed by atoms with Gasteiger partial charge in [-0.15, -0.1) is 11.3 Å². The molecule has 12 heavy (non-hydrogen) atoms. The molecule has 1 heterocycles. The van der Waals surface area contributed by atoms with Gasteiger partial charge in [0.25, 0.3) is 0 Å². The minimum absolute atomic E-state index is 0.0790. The molecule has 0 radical (unpaired) electrons. The zero-order valence-corrected chi connectivity index (χ0v) is 8.36. The highest BCUT2D eigenvalue weighted by Crippen LogP contribution is 2.24. The number of rotatable bonds is 4. The van der Waals surface area contributed by atoms with Crippen LogP contribution < -0.4 is 5.73 Å². The van der Waals surface area contributed by atoms with E-state index in [-0.39, 0.29) is 6.10 Å². The molecule has 1 unspecified atom stereocenters. The molecule has 2 nitrogen and oxygen atoms in total. The molecule has 0 aliphatic rings. The van der Waals surface area contributed by atoms with Crippen LogP contribution in [0.2, 0.25) is 0 Å². The van der Waals surface area contributed by atoms with Gasteiger partial charge in [0.2, 0.25) is 0 Å². The van der Waals surface area contributed by atoms with E-state index in [1.165, 1.54) is 9.75 Å². The molecule has 3 heteroatoms. The second-order valence-corrected chi connectivity index (χ2v) is 3.82. The number of aryl methyl sites for hydroxylation is 1. The normalized spacial score (nSPS) is 13.2. The molecule has 0 saturated carbocycles. The van der Waals surface area contributed by atoms with Crippen LogP contribution in [0.4, 0.5) is 0 Å². The van der Waals surface area contributed by atoms with Crippen molar-refractivity contribution in [3.8, 4) is 0 Å². The van der Waals surface area contributed by atoms with E-state index in [0.717, 1.165) is 6.42 Å². The Labute approximate surface area is 77.3 Å². The van der Waals surface area contributed by atoms with Gasteiger partial charge in [0, 0.05) is 23.4 Å². The Morgan fingerprint density at radius 1 is 1.58 bits per heavy atom. The topological polar surface area (TPSA) is 35.2 Å². The van der Waals surface area contributed by atoms with Crippen molar-refractivity contribution >= 4 is 11.3 Å². The van der Waals surface area contributed by atoms with Gasteiger partial charge in [-0.25, -0.2) is 0 Å². The van der Waals surface area contributed by atoms with Crippen LogP contribution in [0.15, 0.2) is 12.1 Å². The first-order valence-corrected chi connectivity index (χ1v) is 4.95. The van der Waals surface area contributed by atoms with E-state index in [1.807, 2.05) is 0 Å². The molecule has 1 atom stereocenters. The molecule has 0 bridgehead atoms. The van der Waals surface area contributed by atoms with Crippen molar-refractivity contribution < 1.29 is 4.74 Å². The van der Waals surface area contributed by atoms with E-state index >= 15 is 0 Å². The third kappa shape index (κ3) is 2.06. The molecule has 0 fully saturated rings. The lowest BCUT2D eigenvalue weighted by molar-refractivity contribution is 0.113. The SMILES string of the molecule is CCc1ccc(C(CN)OC)s1. The van der Waals surface area contributed by atoms with Crippen LogP contribution in [0.3, 0.4) is 0 Å². The van der Waals surface area contributed by atoms with Gasteiger partial charge in [0.1, 0.15) is 6.10 Å². The van der Waals surface area contributed by atoms with E-state index < -0.39 is 0 Å². The average Bonchev–Trinajstić information content (AvgIpc) is 2.55. The Hall–Kier alpha value is -0.380. The monoisotopic (exact) mass is 185 g/mol. The number of thiophene rings is 1. The van der Waals surface area contributed by atoms with Crippen molar-refractivity contribution in [2.24, 2.45) is 5.73 Å². The summed E-state index contributed by atoms with van der Waals surface area (Å²) in [5, 5.41) is 0. The Morgan fingerprint density at radius 3 is 2.75 bits per heavy atom. The van der Waals surface area contributed by atoms with Crippen LogP contribution in [-0.2, 0) is 11.2 Å². The Balaban J connectivity index is 2.72. The molecule has 0 spiro atoms. The van der Waals surface area contributed by atoms with Gasteiger partial charge in [0.05, 0.1) is 0 Å². The van der Waals surface area contributed by atoms with E-state index in [9.17, 15) is 0 Å². The Kier molecular flexibility index (Phi) is 3.72. The first kappa shape index (κ1) is 9.71. The second kappa shape index (κ2) is 4.60. The lowest BCUT2D eigenvalue weighted by Crippen LogP contribution is -2.12. The Morgan fingerprint density at radius 2 is 2.33 bits per heavy atom. The van der Waals surface area contributed by atoms with Crippen LogP contribution in [0.25, 0.3) is 0 Å². The van der Waals surface area contributed by atoms with Gasteiger partial charge in [-0.05, 0) is 18.6 Å². The molecule has 0 amide bonds. The summed E-state index contributed by atoms with van der Waals surface area (Å²) in [7, 11) is 1.70. The second-order valence-electron chi connectivity index (χ2n) is 2.62. The van der Waals surface area contributed by atoms with Gasteiger partial charge in [-0.2, -0.15) is 0 Å². The maximum Gasteiger partial charge on any atom is 0.103 e. The van der Waals surface area contributed by atoms with Crippen molar-refractivity contribution in [3.63, 3.8) is 0 Å². The number of nitrogens with two attached hydrogens (primary N) is 1. The highest BCUT2D eigenvalue weighted by Gasteiger charge is 2.09. The van der Waals surface area contributed by atoms with Crippen LogP contribution in [0.1, 0.15) is 22.8 Å². The fourth-order valence-electron chi connectivity index (χ4n) is 1.09. The highest BCUT2D eigenvalue weighted by atomic mass is 32.1. The molecule has 1 aromatic rings. The molecular formula is C9H15NOS. The molecule has 68 valence electrons. The molecule has 0 aliphatic heterocycles. The van der Waals surface area contributed by atoms with E-state index in [4.69, 9.17) is 10.5 Å². The third-order valence-electron chi connectivity index (χ3n) is 1.85. The minimum Gasteiger partial charge on any atom is -0.375 e. The molecule has 1 aromatic heterocycles. The first-order valence-electron chi connectivity index (χ1n) is 4.13. The summed E-state index contributed by atoms with van der Waals surface area (Å²) < 4.78 is 5.23. The summed E-state index contributed by atoms with van der Waals surface area (Å²) in [5.41, 5.74) is 5.55. The maximum atomic E-state index is 5.55. The fourth-order valence-corrected chi connectivity index (χ4v) is 2.13. The number of ether oxygens (including phenoxy) is 1. The van der Waals surface area contributed by atoms with Gasteiger partial charge >= 0.3 is 0 Å². The molecule has 0 aromatic carbocycles. The maximum absolute atomic E-state index is 5.55. The van der Waals surface area contributed by atoms with Gasteiger partial charge in [-0.1, -0.05) is 6.92 Å². The number of methoxy groups -OCH3 is 1. The minimum atomic E-state index is 0.0790. The van der Waals surface area contributed by atoms with Crippen molar-refractivity contribution in [2.45, 2.75) is 19.4 Å². The largest absolute Gasteiger partial charge is 0.375 e. The van der Waals surface area contributed by atoms with Crippen molar-refractivity contribution in [1.29, 1.82) is 0 Å². The summed E-state index contributed by atoms with van der Waals surface area (Å²) in [4.78, 5) is 2.62. The Bertz CT molecular complexity index is 230. The quantitative estimate of drug-likeness (QED) is 0.778. The zero-order valence-electron chi connectivity index (χ0n) is 7.54. The van der Waals surface area contributed by atoms with Gasteiger partial charge in [-0.3, -0.25) is 0 Å². The first-order chi connectivity index (χ1) is 5.81. The predicted octanol–water partition coefficient (Wildman–Crippen LogP) is 1.96. The molecule has 1 rings (SSSR count). The highest BCUT2D eigenvalue weighted by molar-refractivity contribution is 7.12. The lowest BCUT2D eigenvalue weighted by atomic mass is 10.3. The summed E-state index contributed by atoms with van der Waals surface area (Å²) in [6, 6.07) is 4.24. The lowest BCUT2D eigenvalue weighted by Gasteiger charge is -2.09. The smallest absolute Gasteiger partial charge is 0.103 e. The van der Waals surface area contributed by atoms with Gasteiger partial charge in [0.15, 0.2) is 0 Å². The summed E-state index contributed by atoms with van der Waals surface area (Å²) in [6.07, 6.45) is 1.17. The zero-order chi connectivity index (χ0) is 8.97. The van der Waals surface area contributed by atoms with E-state index in [2.05, 4.69) is 19.1 Å². The average molecular weight is 185 g/mol. The van der Waals surface area contributed by atoms with Crippen LogP contribution in [0.5, 0.6) is 0 Å². The van der Waals surface area contributed by atoms with Crippen LogP contribution in [-0.4, -0.2) is 13.7 Å². The fraction of sp³-hybridized carbons (Fsp3) is 0.556. The summed E-state index contributed by atoms with van der Waals surface area (Å²) in [5.74, 6) is 0. The van der Waals surface area contributed by atoms with Crippen molar-refractivity contribution in [2.75, 3.05) is 13.7 Å². The molecule has 2 N–H and O–H groups in total. The van der Waals surface area contributed by atoms with E-state index in [1.54, 1.807) is 18.4 Å². The molecule has 0 aliphatic carbocycles. The predicted molar refractivity (Wildman–Crippen MR) is 52.5 cm³/mol. The van der Waals surface area contributed by atoms with E-state index in [0.29, 0.717) is 6.54 Å². The molecule has 0 saturated heterocycles. The van der Waals surface area contributed by atoms with Crippen LogP contribution in [0, 0.1) is 0 Å². The third-order valence-corrected chi connectivity index (χ3v) is 3.17.